The molecular formula is C14H10BrN3O. The third-order valence-corrected chi connectivity index (χ3v) is 3.63. The molecule has 0 fully saturated rings. The average molecular weight is 316 g/mol. The summed E-state index contributed by atoms with van der Waals surface area (Å²) < 4.78 is 0.905. The van der Waals surface area contributed by atoms with Gasteiger partial charge in [-0.15, -0.1) is 0 Å². The van der Waals surface area contributed by atoms with Crippen LogP contribution in [0.2, 0.25) is 0 Å². The molecule has 1 aliphatic rings. The van der Waals surface area contributed by atoms with Gasteiger partial charge >= 0.3 is 0 Å². The SMILES string of the molecule is O=C1C(c2ccccc2Br)C=NN1c1ccccn1. The fraction of sp³-hybridized carbons (Fsp3) is 0.0714. The Hall–Kier alpha value is -2.01. The van der Waals surface area contributed by atoms with Crippen molar-refractivity contribution in [3.05, 3.63) is 58.7 Å². The molecule has 19 heavy (non-hydrogen) atoms. The zero-order valence-corrected chi connectivity index (χ0v) is 11.5. The molecule has 2 heterocycles. The molecule has 94 valence electrons. The molecule has 3 rings (SSSR count). The van der Waals surface area contributed by atoms with Crippen molar-refractivity contribution in [2.45, 2.75) is 5.92 Å². The van der Waals surface area contributed by atoms with Gasteiger partial charge in [0.05, 0.1) is 0 Å². The summed E-state index contributed by atoms with van der Waals surface area (Å²) in [5.41, 5.74) is 0.912. The first-order valence-electron chi connectivity index (χ1n) is 5.81. The molecule has 1 atom stereocenters. The maximum Gasteiger partial charge on any atom is 0.261 e. The van der Waals surface area contributed by atoms with Crippen LogP contribution in [0.1, 0.15) is 11.5 Å². The second-order valence-corrected chi connectivity index (χ2v) is 4.96. The minimum atomic E-state index is -0.363. The fourth-order valence-electron chi connectivity index (χ4n) is 1.98. The van der Waals surface area contributed by atoms with Crippen LogP contribution in [0.3, 0.4) is 0 Å². The van der Waals surface area contributed by atoms with E-state index in [1.807, 2.05) is 30.3 Å². The number of hydrogen-bond donors (Lipinski definition) is 0. The fourth-order valence-corrected chi connectivity index (χ4v) is 2.51. The van der Waals surface area contributed by atoms with Crippen molar-refractivity contribution >= 4 is 33.9 Å². The largest absolute Gasteiger partial charge is 0.271 e. The van der Waals surface area contributed by atoms with Gasteiger partial charge in [0.2, 0.25) is 0 Å². The van der Waals surface area contributed by atoms with Gasteiger partial charge < -0.3 is 0 Å². The van der Waals surface area contributed by atoms with E-state index in [9.17, 15) is 4.79 Å². The Morgan fingerprint density at radius 1 is 1.11 bits per heavy atom. The molecule has 0 N–H and O–H groups in total. The van der Waals surface area contributed by atoms with Crippen molar-refractivity contribution in [1.82, 2.24) is 4.98 Å². The lowest BCUT2D eigenvalue weighted by atomic mass is 10.0. The molecule has 5 heteroatoms. The van der Waals surface area contributed by atoms with E-state index < -0.39 is 0 Å². The molecule has 1 unspecified atom stereocenters. The van der Waals surface area contributed by atoms with Crippen LogP contribution in [0.4, 0.5) is 5.82 Å². The van der Waals surface area contributed by atoms with Crippen molar-refractivity contribution in [2.24, 2.45) is 5.10 Å². The molecule has 1 amide bonds. The van der Waals surface area contributed by atoms with Crippen LogP contribution in [-0.2, 0) is 4.79 Å². The highest BCUT2D eigenvalue weighted by Gasteiger charge is 2.32. The zero-order valence-electron chi connectivity index (χ0n) is 9.90. The topological polar surface area (TPSA) is 45.6 Å². The van der Waals surface area contributed by atoms with Gasteiger partial charge in [-0.1, -0.05) is 40.2 Å². The van der Waals surface area contributed by atoms with E-state index in [0.29, 0.717) is 5.82 Å². The molecule has 0 bridgehead atoms. The smallest absolute Gasteiger partial charge is 0.261 e. The van der Waals surface area contributed by atoms with E-state index in [-0.39, 0.29) is 11.8 Å². The van der Waals surface area contributed by atoms with E-state index in [1.54, 1.807) is 24.5 Å². The number of hydrogen-bond acceptors (Lipinski definition) is 3. The van der Waals surface area contributed by atoms with Crippen LogP contribution in [0.15, 0.2) is 58.2 Å². The highest BCUT2D eigenvalue weighted by atomic mass is 79.9. The highest BCUT2D eigenvalue weighted by molar-refractivity contribution is 9.10. The van der Waals surface area contributed by atoms with Gasteiger partial charge in [-0.25, -0.2) is 4.98 Å². The van der Waals surface area contributed by atoms with Gasteiger partial charge in [0, 0.05) is 16.9 Å². The summed E-state index contributed by atoms with van der Waals surface area (Å²) in [6, 6.07) is 13.1. The number of aromatic nitrogens is 1. The van der Waals surface area contributed by atoms with Crippen LogP contribution in [-0.4, -0.2) is 17.1 Å². The number of carbonyl (C=O) groups excluding carboxylic acids is 1. The minimum absolute atomic E-state index is 0.0920. The summed E-state index contributed by atoms with van der Waals surface area (Å²) in [5, 5.41) is 5.50. The first kappa shape index (κ1) is 12.0. The molecular weight excluding hydrogens is 306 g/mol. The molecule has 4 nitrogen and oxygen atoms in total. The van der Waals surface area contributed by atoms with Gasteiger partial charge in [-0.2, -0.15) is 10.1 Å². The standard InChI is InChI=1S/C14H10BrN3O/c15-12-6-2-1-5-10(12)11-9-17-18(14(11)19)13-7-3-4-8-16-13/h1-9,11H. The minimum Gasteiger partial charge on any atom is -0.271 e. The Balaban J connectivity index is 1.92. The van der Waals surface area contributed by atoms with Crippen LogP contribution in [0.5, 0.6) is 0 Å². The summed E-state index contributed by atoms with van der Waals surface area (Å²) in [4.78, 5) is 16.5. The number of halogens is 1. The Bertz CT molecular complexity index is 642. The van der Waals surface area contributed by atoms with Crippen LogP contribution >= 0.6 is 15.9 Å². The van der Waals surface area contributed by atoms with Gasteiger partial charge in [-0.05, 0) is 23.8 Å². The normalized spacial score (nSPS) is 18.1. The molecule has 2 aromatic rings. The van der Waals surface area contributed by atoms with Gasteiger partial charge in [0.15, 0.2) is 5.82 Å². The van der Waals surface area contributed by atoms with Crippen molar-refractivity contribution in [1.29, 1.82) is 0 Å². The summed E-state index contributed by atoms with van der Waals surface area (Å²) in [5.74, 6) is 0.0847. The number of rotatable bonds is 2. The van der Waals surface area contributed by atoms with Crippen molar-refractivity contribution < 1.29 is 4.79 Å². The van der Waals surface area contributed by atoms with E-state index in [4.69, 9.17) is 0 Å². The first-order chi connectivity index (χ1) is 9.27. The summed E-state index contributed by atoms with van der Waals surface area (Å²) in [6.45, 7) is 0. The van der Waals surface area contributed by atoms with E-state index >= 15 is 0 Å². The number of pyridine rings is 1. The summed E-state index contributed by atoms with van der Waals surface area (Å²) >= 11 is 3.46. The maximum absolute atomic E-state index is 12.4. The molecule has 1 aromatic heterocycles. The lowest BCUT2D eigenvalue weighted by molar-refractivity contribution is -0.118. The molecule has 0 saturated carbocycles. The second-order valence-electron chi connectivity index (χ2n) is 4.10. The van der Waals surface area contributed by atoms with Crippen LogP contribution < -0.4 is 5.01 Å². The number of anilines is 1. The van der Waals surface area contributed by atoms with Crippen molar-refractivity contribution in [3.63, 3.8) is 0 Å². The van der Waals surface area contributed by atoms with Crippen molar-refractivity contribution in [3.8, 4) is 0 Å². The third kappa shape index (κ3) is 2.17. The van der Waals surface area contributed by atoms with Crippen molar-refractivity contribution in [2.75, 3.05) is 5.01 Å². The number of carbonyl (C=O) groups is 1. The molecule has 0 saturated heterocycles. The number of benzene rings is 1. The molecule has 0 spiro atoms. The Kier molecular flexibility index (Phi) is 3.13. The molecule has 1 aliphatic heterocycles. The predicted octanol–water partition coefficient (Wildman–Crippen LogP) is 2.96. The Labute approximate surface area is 118 Å². The highest BCUT2D eigenvalue weighted by Crippen LogP contribution is 2.30. The zero-order chi connectivity index (χ0) is 13.2. The third-order valence-electron chi connectivity index (χ3n) is 2.91. The summed E-state index contributed by atoms with van der Waals surface area (Å²) in [6.07, 6.45) is 3.29. The summed E-state index contributed by atoms with van der Waals surface area (Å²) in [7, 11) is 0. The van der Waals surface area contributed by atoms with Crippen LogP contribution in [0, 0.1) is 0 Å². The quantitative estimate of drug-likeness (QED) is 0.855. The second kappa shape index (κ2) is 4.93. The van der Waals surface area contributed by atoms with Gasteiger partial charge in [-0.3, -0.25) is 4.79 Å². The number of nitrogens with zero attached hydrogens (tertiary/aromatic N) is 3. The van der Waals surface area contributed by atoms with Crippen LogP contribution in [0.25, 0.3) is 0 Å². The average Bonchev–Trinajstić information content (AvgIpc) is 2.82. The van der Waals surface area contributed by atoms with E-state index in [1.165, 1.54) is 5.01 Å². The molecule has 0 aliphatic carbocycles. The number of amides is 1. The van der Waals surface area contributed by atoms with E-state index in [0.717, 1.165) is 10.0 Å². The van der Waals surface area contributed by atoms with Gasteiger partial charge in [0.1, 0.15) is 5.92 Å². The molecule has 0 radical (unpaired) electrons. The Morgan fingerprint density at radius 3 is 2.63 bits per heavy atom. The monoisotopic (exact) mass is 315 g/mol. The molecule has 1 aromatic carbocycles. The maximum atomic E-state index is 12.4. The van der Waals surface area contributed by atoms with E-state index in [2.05, 4.69) is 26.0 Å². The predicted molar refractivity (Wildman–Crippen MR) is 77.1 cm³/mol. The van der Waals surface area contributed by atoms with Gasteiger partial charge in [0.25, 0.3) is 5.91 Å². The first-order valence-corrected chi connectivity index (χ1v) is 6.60. The lowest BCUT2D eigenvalue weighted by Gasteiger charge is -2.13. The lowest BCUT2D eigenvalue weighted by Crippen LogP contribution is -2.25. The Morgan fingerprint density at radius 2 is 1.89 bits per heavy atom. The number of hydrazone groups is 1.